The average molecular weight is 411 g/mol. The van der Waals surface area contributed by atoms with Gasteiger partial charge in [0.05, 0.1) is 17.7 Å². The number of aromatic nitrogens is 2. The zero-order chi connectivity index (χ0) is 19.8. The molecular weight excluding hydrogens is 384 g/mol. The largest absolute Gasteiger partial charge is 0.466 e. The van der Waals surface area contributed by atoms with Crippen molar-refractivity contribution >= 4 is 29.2 Å². The summed E-state index contributed by atoms with van der Waals surface area (Å²) >= 11 is 1.65. The van der Waals surface area contributed by atoms with E-state index in [1.54, 1.807) is 24.2 Å². The van der Waals surface area contributed by atoms with Crippen molar-refractivity contribution in [3.63, 3.8) is 0 Å². The zero-order valence-corrected chi connectivity index (χ0v) is 17.5. The Morgan fingerprint density at radius 3 is 3.17 bits per heavy atom. The topological polar surface area (TPSA) is 67.3 Å². The van der Waals surface area contributed by atoms with Crippen LogP contribution < -0.4 is 5.32 Å². The molecule has 2 aromatic rings. The van der Waals surface area contributed by atoms with Gasteiger partial charge in [-0.1, -0.05) is 24.2 Å². The quantitative estimate of drug-likeness (QED) is 0.645. The van der Waals surface area contributed by atoms with Gasteiger partial charge in [-0.2, -0.15) is 0 Å². The van der Waals surface area contributed by atoms with Gasteiger partial charge in [0.2, 0.25) is 0 Å². The van der Waals surface area contributed by atoms with Gasteiger partial charge in [0.15, 0.2) is 5.82 Å². The van der Waals surface area contributed by atoms with Crippen LogP contribution in [0.25, 0.3) is 0 Å². The summed E-state index contributed by atoms with van der Waals surface area (Å²) in [5, 5.41) is 4.32. The Balaban J connectivity index is 1.34. The zero-order valence-electron chi connectivity index (χ0n) is 16.7. The van der Waals surface area contributed by atoms with Gasteiger partial charge in [-0.05, 0) is 49.8 Å². The second-order valence-corrected chi connectivity index (χ2v) is 9.43. The first-order valence-electron chi connectivity index (χ1n) is 10.4. The lowest BCUT2D eigenvalue weighted by molar-refractivity contribution is -0.164. The maximum absolute atomic E-state index is 12.8. The van der Waals surface area contributed by atoms with E-state index in [0.29, 0.717) is 12.5 Å². The van der Waals surface area contributed by atoms with Crippen molar-refractivity contribution in [2.75, 3.05) is 25.0 Å². The maximum Gasteiger partial charge on any atom is 0.313 e. The standard InChI is InChI=1S/C22H26N4O2S/c1-2-28-21(27)22-7-3-4-16(11-22)13-26(14-22)12-15-5-6-18-17(10-15)25-19-20(29-18)24-9-8-23-19/h5-6,8-10,16H,2-4,7,11-14H2,1H3,(H,23,25). The molecule has 3 aliphatic rings. The minimum absolute atomic E-state index is 0.00749. The highest BCUT2D eigenvalue weighted by molar-refractivity contribution is 7.99. The number of carbonyl (C=O) groups excluding carboxylic acids is 1. The van der Waals surface area contributed by atoms with Crippen molar-refractivity contribution < 1.29 is 9.53 Å². The van der Waals surface area contributed by atoms with E-state index in [-0.39, 0.29) is 11.4 Å². The summed E-state index contributed by atoms with van der Waals surface area (Å²) in [6.07, 6.45) is 7.73. The van der Waals surface area contributed by atoms with Crippen LogP contribution in [0.4, 0.5) is 11.5 Å². The fourth-order valence-corrected chi connectivity index (χ4v) is 6.01. The number of fused-ring (bicyclic) bond motifs is 4. The molecule has 1 aromatic heterocycles. The first-order valence-corrected chi connectivity index (χ1v) is 11.3. The highest BCUT2D eigenvalue weighted by Gasteiger charge is 2.48. The van der Waals surface area contributed by atoms with Crippen LogP contribution in [0, 0.1) is 11.3 Å². The number of esters is 1. The second-order valence-electron chi connectivity index (χ2n) is 8.40. The fraction of sp³-hybridized carbons (Fsp3) is 0.500. The van der Waals surface area contributed by atoms with Gasteiger partial charge in [0, 0.05) is 36.9 Å². The van der Waals surface area contributed by atoms with Gasteiger partial charge in [0.25, 0.3) is 0 Å². The van der Waals surface area contributed by atoms with Gasteiger partial charge < -0.3 is 10.1 Å². The first-order chi connectivity index (χ1) is 14.1. The van der Waals surface area contributed by atoms with Crippen LogP contribution in [0.2, 0.25) is 0 Å². The van der Waals surface area contributed by atoms with Crippen molar-refractivity contribution in [1.82, 2.24) is 14.9 Å². The van der Waals surface area contributed by atoms with Gasteiger partial charge in [0.1, 0.15) is 5.03 Å². The third-order valence-electron chi connectivity index (χ3n) is 6.27. The number of nitrogens with one attached hydrogen (secondary N) is 1. The lowest BCUT2D eigenvalue weighted by Crippen LogP contribution is -2.53. The van der Waals surface area contributed by atoms with Crippen LogP contribution in [0.1, 0.15) is 38.2 Å². The molecule has 1 aromatic carbocycles. The minimum atomic E-state index is -0.311. The number of rotatable bonds is 4. The Bertz CT molecular complexity index is 937. The molecule has 0 radical (unpaired) electrons. The van der Waals surface area contributed by atoms with E-state index in [1.165, 1.54) is 16.9 Å². The first kappa shape index (κ1) is 18.9. The van der Waals surface area contributed by atoms with Crippen molar-refractivity contribution in [2.24, 2.45) is 11.3 Å². The molecule has 7 heteroatoms. The SMILES string of the molecule is CCOC(=O)C12CCCC(CN(Cc3ccc4c(c3)Nc3nccnc3S4)C1)C2. The Kier molecular flexibility index (Phi) is 4.95. The summed E-state index contributed by atoms with van der Waals surface area (Å²) in [7, 11) is 0. The second kappa shape index (κ2) is 7.61. The Labute approximate surface area is 175 Å². The molecule has 5 rings (SSSR count). The molecule has 0 amide bonds. The molecule has 1 saturated carbocycles. The smallest absolute Gasteiger partial charge is 0.313 e. The molecule has 152 valence electrons. The Hall–Kier alpha value is -2.12. The molecule has 2 bridgehead atoms. The normalized spacial score (nSPS) is 25.5. The number of hydrogen-bond acceptors (Lipinski definition) is 7. The molecule has 0 spiro atoms. The fourth-order valence-electron chi connectivity index (χ4n) is 5.14. The van der Waals surface area contributed by atoms with Gasteiger partial charge >= 0.3 is 5.97 Å². The van der Waals surface area contributed by atoms with E-state index >= 15 is 0 Å². The van der Waals surface area contributed by atoms with Crippen molar-refractivity contribution in [2.45, 2.75) is 49.1 Å². The molecule has 6 nitrogen and oxygen atoms in total. The van der Waals surface area contributed by atoms with E-state index in [1.807, 2.05) is 6.92 Å². The van der Waals surface area contributed by atoms with E-state index in [9.17, 15) is 4.79 Å². The summed E-state index contributed by atoms with van der Waals surface area (Å²) in [6, 6.07) is 6.56. The average Bonchev–Trinajstić information content (AvgIpc) is 2.72. The molecule has 2 unspecified atom stereocenters. The number of hydrogen-bond donors (Lipinski definition) is 1. The highest BCUT2D eigenvalue weighted by atomic mass is 32.2. The number of likely N-dealkylation sites (tertiary alicyclic amines) is 1. The van der Waals surface area contributed by atoms with Crippen LogP contribution in [-0.4, -0.2) is 40.5 Å². The molecular formula is C22H26N4O2S. The molecule has 2 atom stereocenters. The van der Waals surface area contributed by atoms with Crippen LogP contribution in [0.15, 0.2) is 40.5 Å². The van der Waals surface area contributed by atoms with Crippen molar-refractivity contribution in [3.8, 4) is 0 Å². The molecule has 1 saturated heterocycles. The molecule has 1 N–H and O–H groups in total. The number of nitrogens with zero attached hydrogens (tertiary/aromatic N) is 3. The summed E-state index contributed by atoms with van der Waals surface area (Å²) < 4.78 is 5.47. The number of anilines is 2. The van der Waals surface area contributed by atoms with E-state index in [2.05, 4.69) is 38.4 Å². The van der Waals surface area contributed by atoms with Gasteiger partial charge in [-0.25, -0.2) is 9.97 Å². The van der Waals surface area contributed by atoms with Crippen LogP contribution in [-0.2, 0) is 16.1 Å². The van der Waals surface area contributed by atoms with Crippen LogP contribution in [0.5, 0.6) is 0 Å². The molecule has 1 aliphatic carbocycles. The summed E-state index contributed by atoms with van der Waals surface area (Å²) in [4.78, 5) is 25.2. The summed E-state index contributed by atoms with van der Waals surface area (Å²) in [6.45, 7) is 5.08. The minimum Gasteiger partial charge on any atom is -0.466 e. The predicted molar refractivity (Wildman–Crippen MR) is 112 cm³/mol. The van der Waals surface area contributed by atoms with Crippen LogP contribution in [0.3, 0.4) is 0 Å². The number of piperidine rings is 1. The number of carbonyl (C=O) groups is 1. The number of ether oxygens (including phenoxy) is 1. The third-order valence-corrected chi connectivity index (χ3v) is 7.34. The van der Waals surface area contributed by atoms with E-state index in [4.69, 9.17) is 4.74 Å². The van der Waals surface area contributed by atoms with Crippen molar-refractivity contribution in [1.29, 1.82) is 0 Å². The monoisotopic (exact) mass is 410 g/mol. The molecule has 2 fully saturated rings. The lowest BCUT2D eigenvalue weighted by atomic mass is 9.66. The van der Waals surface area contributed by atoms with Crippen LogP contribution >= 0.6 is 11.8 Å². The lowest BCUT2D eigenvalue weighted by Gasteiger charge is -2.48. The summed E-state index contributed by atoms with van der Waals surface area (Å²) in [5.74, 6) is 1.42. The number of benzene rings is 1. The van der Waals surface area contributed by atoms with Gasteiger partial charge in [-0.15, -0.1) is 0 Å². The maximum atomic E-state index is 12.8. The van der Waals surface area contributed by atoms with E-state index in [0.717, 1.165) is 55.4 Å². The third kappa shape index (κ3) is 3.62. The summed E-state index contributed by atoms with van der Waals surface area (Å²) in [5.41, 5.74) is 2.02. The molecule has 29 heavy (non-hydrogen) atoms. The molecule has 3 heterocycles. The van der Waals surface area contributed by atoms with E-state index < -0.39 is 0 Å². The highest BCUT2D eigenvalue weighted by Crippen LogP contribution is 2.46. The van der Waals surface area contributed by atoms with Crippen molar-refractivity contribution in [3.05, 3.63) is 36.2 Å². The molecule has 2 aliphatic heterocycles. The predicted octanol–water partition coefficient (Wildman–Crippen LogP) is 4.24. The Morgan fingerprint density at radius 2 is 2.28 bits per heavy atom. The van der Waals surface area contributed by atoms with Gasteiger partial charge in [-0.3, -0.25) is 9.69 Å². The Morgan fingerprint density at radius 1 is 1.38 bits per heavy atom.